The Labute approximate surface area is 108 Å². The monoisotopic (exact) mass is 311 g/mol. The maximum atomic E-state index is 11.0. The summed E-state index contributed by atoms with van der Waals surface area (Å²) in [7, 11) is -8.71. The molecule has 4 N–H and O–H groups in total. The van der Waals surface area contributed by atoms with Crippen LogP contribution in [0.1, 0.15) is 10.4 Å². The molecule has 0 aromatic heterocycles. The summed E-state index contributed by atoms with van der Waals surface area (Å²) in [6.07, 6.45) is 0.757. The molecule has 0 aliphatic rings. The van der Waals surface area contributed by atoms with Crippen LogP contribution in [0.5, 0.6) is 5.75 Å². The number of aromatic hydroxyl groups is 1. The van der Waals surface area contributed by atoms with Crippen LogP contribution in [0.3, 0.4) is 0 Å². The minimum absolute atomic E-state index is 0.426. The van der Waals surface area contributed by atoms with E-state index in [-0.39, 0.29) is 0 Å². The number of phenols is 1. The van der Waals surface area contributed by atoms with Crippen molar-refractivity contribution in [2.45, 2.75) is 4.90 Å². The van der Waals surface area contributed by atoms with Gasteiger partial charge in [-0.15, -0.1) is 0 Å². The topological polar surface area (TPSA) is 158 Å². The first-order valence-corrected chi connectivity index (χ1v) is 7.80. The number of anilines is 1. The molecule has 1 aromatic rings. The second-order valence-corrected chi connectivity index (χ2v) is 6.66. The highest BCUT2D eigenvalue weighted by atomic mass is 32.2. The van der Waals surface area contributed by atoms with Gasteiger partial charge in [-0.25, -0.2) is 13.2 Å². The average molecular weight is 311 g/mol. The van der Waals surface area contributed by atoms with Crippen LogP contribution in [0, 0.1) is 0 Å². The fraction of sp³-hybridized carbons (Fsp3) is 0.125. The van der Waals surface area contributed by atoms with Gasteiger partial charge in [0.15, 0.2) is 5.75 Å². The summed E-state index contributed by atoms with van der Waals surface area (Å²) in [5, 5.41) is 18.2. The van der Waals surface area contributed by atoms with Gasteiger partial charge < -0.3 is 10.2 Å². The lowest BCUT2D eigenvalue weighted by atomic mass is 10.2. The standard InChI is InChI=1S/C8H9NO8S2/c1-18(13,14)9-4-2-5(8(11)12)7(10)6(3-4)19(15,16)17/h2-3,9-10H,1H3,(H,11,12)(H,15,16,17). The van der Waals surface area contributed by atoms with Crippen molar-refractivity contribution in [3.05, 3.63) is 17.7 Å². The smallest absolute Gasteiger partial charge is 0.339 e. The molecule has 106 valence electrons. The van der Waals surface area contributed by atoms with Crippen molar-refractivity contribution in [3.63, 3.8) is 0 Å². The summed E-state index contributed by atoms with van der Waals surface area (Å²) in [4.78, 5) is 9.69. The molecule has 0 unspecified atom stereocenters. The van der Waals surface area contributed by atoms with Gasteiger partial charge in [-0.1, -0.05) is 0 Å². The van der Waals surface area contributed by atoms with Crippen LogP contribution >= 0.6 is 0 Å². The summed E-state index contributed by atoms with van der Waals surface area (Å²) in [6, 6.07) is 1.31. The maximum Gasteiger partial charge on any atom is 0.339 e. The number of carbonyl (C=O) groups is 1. The number of aromatic carboxylic acids is 1. The van der Waals surface area contributed by atoms with Gasteiger partial charge in [-0.2, -0.15) is 8.42 Å². The first kappa shape index (κ1) is 15.2. The predicted molar refractivity (Wildman–Crippen MR) is 63.3 cm³/mol. The Morgan fingerprint density at radius 2 is 1.74 bits per heavy atom. The molecule has 1 rings (SSSR count). The summed E-state index contributed by atoms with van der Waals surface area (Å²) in [5.74, 6) is -2.88. The number of rotatable bonds is 4. The zero-order chi connectivity index (χ0) is 15.0. The van der Waals surface area contributed by atoms with Crippen molar-refractivity contribution < 1.29 is 36.4 Å². The highest BCUT2D eigenvalue weighted by Crippen LogP contribution is 2.31. The molecule has 9 nitrogen and oxygen atoms in total. The normalized spacial score (nSPS) is 12.1. The van der Waals surface area contributed by atoms with Crippen LogP contribution in [-0.4, -0.2) is 43.8 Å². The van der Waals surface area contributed by atoms with Gasteiger partial charge in [0.25, 0.3) is 10.1 Å². The van der Waals surface area contributed by atoms with E-state index in [0.29, 0.717) is 12.1 Å². The second kappa shape index (κ2) is 4.68. The van der Waals surface area contributed by atoms with E-state index >= 15 is 0 Å². The van der Waals surface area contributed by atoms with Gasteiger partial charge in [-0.05, 0) is 12.1 Å². The molecule has 0 saturated carbocycles. The second-order valence-electron chi connectivity index (χ2n) is 3.52. The quantitative estimate of drug-likeness (QED) is 0.436. The van der Waals surface area contributed by atoms with Crippen LogP contribution < -0.4 is 4.72 Å². The largest absolute Gasteiger partial charge is 0.506 e. The SMILES string of the molecule is CS(=O)(=O)Nc1cc(C(=O)O)c(O)c(S(=O)(=O)O)c1. The predicted octanol–water partition coefficient (Wildman–Crippen LogP) is -0.291. The van der Waals surface area contributed by atoms with Crippen LogP contribution in [0.4, 0.5) is 5.69 Å². The third kappa shape index (κ3) is 3.81. The Balaban J connectivity index is 3.63. The van der Waals surface area contributed by atoms with E-state index in [9.17, 15) is 26.7 Å². The van der Waals surface area contributed by atoms with E-state index in [1.807, 2.05) is 4.72 Å². The first-order chi connectivity index (χ1) is 8.42. The van der Waals surface area contributed by atoms with Gasteiger partial charge in [0.1, 0.15) is 10.5 Å². The number of hydrogen-bond acceptors (Lipinski definition) is 6. The number of nitrogens with one attached hydrogen (secondary N) is 1. The number of benzene rings is 1. The van der Waals surface area contributed by atoms with Gasteiger partial charge in [0, 0.05) is 0 Å². The summed E-state index contributed by atoms with van der Waals surface area (Å²) < 4.78 is 54.6. The van der Waals surface area contributed by atoms with Crippen molar-refractivity contribution in [1.29, 1.82) is 0 Å². The summed E-state index contributed by atoms with van der Waals surface area (Å²) >= 11 is 0. The summed E-state index contributed by atoms with van der Waals surface area (Å²) in [6.45, 7) is 0. The van der Waals surface area contributed by atoms with Crippen molar-refractivity contribution in [2.75, 3.05) is 11.0 Å². The molecule has 0 spiro atoms. The molecule has 0 aliphatic heterocycles. The third-order valence-corrected chi connectivity index (χ3v) is 3.36. The van der Waals surface area contributed by atoms with Gasteiger partial charge in [-0.3, -0.25) is 9.27 Å². The molecule has 0 heterocycles. The molecule has 0 saturated heterocycles. The molecule has 0 bridgehead atoms. The molecule has 1 aromatic carbocycles. The Kier molecular flexibility index (Phi) is 3.74. The average Bonchev–Trinajstić information content (AvgIpc) is 2.16. The third-order valence-electron chi connectivity index (χ3n) is 1.89. The number of hydrogen-bond donors (Lipinski definition) is 4. The van der Waals surface area contributed by atoms with Crippen LogP contribution in [0.2, 0.25) is 0 Å². The number of carboxylic acid groups (broad SMARTS) is 1. The molecule has 0 amide bonds. The number of sulfonamides is 1. The van der Waals surface area contributed by atoms with E-state index < -0.39 is 48.0 Å². The molecule has 0 aliphatic carbocycles. The minimum Gasteiger partial charge on any atom is -0.506 e. The van der Waals surface area contributed by atoms with Crippen molar-refractivity contribution in [2.24, 2.45) is 0 Å². The Bertz CT molecular complexity index is 734. The molecule has 0 fully saturated rings. The van der Waals surface area contributed by atoms with E-state index in [0.717, 1.165) is 6.26 Å². The molecule has 0 atom stereocenters. The molecular formula is C8H9NO8S2. The number of carboxylic acids is 1. The molecular weight excluding hydrogens is 302 g/mol. The van der Waals surface area contributed by atoms with E-state index in [2.05, 4.69) is 0 Å². The van der Waals surface area contributed by atoms with Crippen molar-refractivity contribution >= 4 is 31.8 Å². The lowest BCUT2D eigenvalue weighted by Gasteiger charge is -2.09. The lowest BCUT2D eigenvalue weighted by molar-refractivity contribution is 0.0693. The van der Waals surface area contributed by atoms with Crippen molar-refractivity contribution in [1.82, 2.24) is 0 Å². The van der Waals surface area contributed by atoms with Crippen LogP contribution in [-0.2, 0) is 20.1 Å². The Morgan fingerprint density at radius 1 is 1.21 bits per heavy atom. The first-order valence-electron chi connectivity index (χ1n) is 4.47. The van der Waals surface area contributed by atoms with Crippen LogP contribution in [0.25, 0.3) is 0 Å². The minimum atomic E-state index is -4.92. The Morgan fingerprint density at radius 3 is 2.11 bits per heavy atom. The van der Waals surface area contributed by atoms with E-state index in [4.69, 9.17) is 9.66 Å². The molecule has 19 heavy (non-hydrogen) atoms. The van der Waals surface area contributed by atoms with E-state index in [1.165, 1.54) is 0 Å². The van der Waals surface area contributed by atoms with Gasteiger partial charge in [0.05, 0.1) is 11.9 Å². The lowest BCUT2D eigenvalue weighted by Crippen LogP contribution is -2.12. The van der Waals surface area contributed by atoms with Gasteiger partial charge >= 0.3 is 5.97 Å². The van der Waals surface area contributed by atoms with Gasteiger partial charge in [0.2, 0.25) is 10.0 Å². The van der Waals surface area contributed by atoms with Crippen LogP contribution in [0.15, 0.2) is 17.0 Å². The molecule has 11 heteroatoms. The Hall–Kier alpha value is -1.85. The zero-order valence-corrected chi connectivity index (χ0v) is 11.0. The maximum absolute atomic E-state index is 11.0. The highest BCUT2D eigenvalue weighted by molar-refractivity contribution is 7.92. The molecule has 0 radical (unpaired) electrons. The van der Waals surface area contributed by atoms with E-state index in [1.54, 1.807) is 0 Å². The zero-order valence-electron chi connectivity index (χ0n) is 9.35. The van der Waals surface area contributed by atoms with Crippen molar-refractivity contribution in [3.8, 4) is 5.75 Å². The summed E-state index contributed by atoms with van der Waals surface area (Å²) in [5.41, 5.74) is -1.30. The fourth-order valence-corrected chi connectivity index (χ4v) is 2.42. The fourth-order valence-electron chi connectivity index (χ4n) is 1.24. The highest BCUT2D eigenvalue weighted by Gasteiger charge is 2.23.